The summed E-state index contributed by atoms with van der Waals surface area (Å²) in [4.78, 5) is 0. The maximum absolute atomic E-state index is 13.6. The molecule has 0 aliphatic rings. The number of fused-ring (bicyclic) bond motifs is 1. The number of hydrogen-bond donors (Lipinski definition) is 0. The van der Waals surface area contributed by atoms with E-state index in [2.05, 4.69) is 0 Å². The molecule has 0 heterocycles. The van der Waals surface area contributed by atoms with E-state index in [1.807, 2.05) is 30.3 Å². The van der Waals surface area contributed by atoms with Gasteiger partial charge in [-0.25, -0.2) is 4.39 Å². The molecule has 0 amide bonds. The van der Waals surface area contributed by atoms with E-state index < -0.39 is 11.2 Å². The molecule has 1 unspecified atom stereocenters. The number of alkyl halides is 1. The molecule has 3 aromatic rings. The highest BCUT2D eigenvalue weighted by Gasteiger charge is 2.16. The van der Waals surface area contributed by atoms with Crippen LogP contribution in [0.1, 0.15) is 16.5 Å². The third-order valence-electron chi connectivity index (χ3n) is 3.41. The maximum atomic E-state index is 13.6. The van der Waals surface area contributed by atoms with Crippen LogP contribution in [0.25, 0.3) is 10.8 Å². The first-order chi connectivity index (χ1) is 10.1. The first-order valence-corrected chi connectivity index (χ1v) is 7.53. The molecule has 1 atom stereocenters. The molecule has 0 N–H and O–H groups in total. The van der Waals surface area contributed by atoms with E-state index in [4.69, 9.17) is 34.8 Å². The van der Waals surface area contributed by atoms with Crippen molar-refractivity contribution in [2.75, 3.05) is 0 Å². The topological polar surface area (TPSA) is 0 Å². The van der Waals surface area contributed by atoms with Gasteiger partial charge in [-0.15, -0.1) is 11.6 Å². The van der Waals surface area contributed by atoms with Gasteiger partial charge in [-0.2, -0.15) is 0 Å². The summed E-state index contributed by atoms with van der Waals surface area (Å²) in [7, 11) is 0. The van der Waals surface area contributed by atoms with Crippen LogP contribution in [0.3, 0.4) is 0 Å². The monoisotopic (exact) mass is 338 g/mol. The molecule has 106 valence electrons. The lowest BCUT2D eigenvalue weighted by Gasteiger charge is -2.14. The SMILES string of the molecule is Fc1cc(C(Cl)c2ccc(Cl)c3ccccc23)ccc1Cl. The molecule has 0 saturated heterocycles. The largest absolute Gasteiger partial charge is 0.205 e. The molecule has 0 nitrogen and oxygen atoms in total. The van der Waals surface area contributed by atoms with Crippen LogP contribution in [0.2, 0.25) is 10.0 Å². The van der Waals surface area contributed by atoms with Gasteiger partial charge in [0.05, 0.1) is 10.4 Å². The summed E-state index contributed by atoms with van der Waals surface area (Å²) in [6, 6.07) is 16.0. The van der Waals surface area contributed by atoms with Crippen molar-refractivity contribution >= 4 is 45.6 Å². The van der Waals surface area contributed by atoms with Crippen molar-refractivity contribution in [1.82, 2.24) is 0 Å². The second-order valence-corrected chi connectivity index (χ2v) is 5.97. The van der Waals surface area contributed by atoms with Crippen LogP contribution >= 0.6 is 34.8 Å². The molecule has 3 rings (SSSR count). The molecular weight excluding hydrogens is 330 g/mol. The minimum absolute atomic E-state index is 0.0866. The van der Waals surface area contributed by atoms with Gasteiger partial charge < -0.3 is 0 Å². The van der Waals surface area contributed by atoms with Crippen LogP contribution in [0.5, 0.6) is 0 Å². The van der Waals surface area contributed by atoms with Gasteiger partial charge in [-0.05, 0) is 34.7 Å². The zero-order valence-corrected chi connectivity index (χ0v) is 13.1. The molecule has 0 fully saturated rings. The number of hydrogen-bond acceptors (Lipinski definition) is 0. The Bertz CT molecular complexity index is 814. The molecule has 0 aromatic heterocycles. The quantitative estimate of drug-likeness (QED) is 0.461. The lowest BCUT2D eigenvalue weighted by atomic mass is 9.98. The first kappa shape index (κ1) is 14.6. The highest BCUT2D eigenvalue weighted by molar-refractivity contribution is 6.36. The summed E-state index contributed by atoms with van der Waals surface area (Å²) in [5, 5.41) is 2.17. The summed E-state index contributed by atoms with van der Waals surface area (Å²) in [6.07, 6.45) is 0. The van der Waals surface area contributed by atoms with Crippen molar-refractivity contribution in [2.45, 2.75) is 5.38 Å². The van der Waals surface area contributed by atoms with Crippen LogP contribution in [0, 0.1) is 5.82 Å². The molecule has 4 heteroatoms. The Kier molecular flexibility index (Phi) is 4.08. The van der Waals surface area contributed by atoms with Gasteiger partial charge in [0.15, 0.2) is 0 Å². The van der Waals surface area contributed by atoms with Crippen LogP contribution in [-0.4, -0.2) is 0 Å². The average molecular weight is 340 g/mol. The standard InChI is InChI=1S/C17H10Cl3F/c18-14-8-6-13(11-3-1-2-4-12(11)14)17(20)10-5-7-15(19)16(21)9-10/h1-9,17H. The average Bonchev–Trinajstić information content (AvgIpc) is 2.50. The highest BCUT2D eigenvalue weighted by atomic mass is 35.5. The van der Waals surface area contributed by atoms with E-state index in [1.165, 1.54) is 12.1 Å². The van der Waals surface area contributed by atoms with Crippen molar-refractivity contribution in [2.24, 2.45) is 0 Å². The van der Waals surface area contributed by atoms with Crippen LogP contribution in [0.4, 0.5) is 4.39 Å². The van der Waals surface area contributed by atoms with E-state index in [0.29, 0.717) is 10.6 Å². The van der Waals surface area contributed by atoms with Crippen molar-refractivity contribution in [1.29, 1.82) is 0 Å². The molecule has 0 radical (unpaired) electrons. The summed E-state index contributed by atoms with van der Waals surface area (Å²) in [6.45, 7) is 0. The maximum Gasteiger partial charge on any atom is 0.142 e. The minimum atomic E-state index is -0.474. The third kappa shape index (κ3) is 2.74. The van der Waals surface area contributed by atoms with E-state index >= 15 is 0 Å². The van der Waals surface area contributed by atoms with Gasteiger partial charge in [0.2, 0.25) is 0 Å². The predicted octanol–water partition coefficient (Wildman–Crippen LogP) is 6.61. The van der Waals surface area contributed by atoms with Gasteiger partial charge >= 0.3 is 0 Å². The summed E-state index contributed by atoms with van der Waals surface area (Å²) >= 11 is 18.5. The van der Waals surface area contributed by atoms with Crippen LogP contribution in [0.15, 0.2) is 54.6 Å². The number of rotatable bonds is 2. The van der Waals surface area contributed by atoms with Gasteiger partial charge in [0.1, 0.15) is 5.82 Å². The molecule has 0 saturated carbocycles. The summed E-state index contributed by atoms with van der Waals surface area (Å²) in [5.74, 6) is -0.474. The lowest BCUT2D eigenvalue weighted by molar-refractivity contribution is 0.626. The molecule has 0 spiro atoms. The Morgan fingerprint density at radius 1 is 0.810 bits per heavy atom. The Balaban J connectivity index is 2.15. The van der Waals surface area contributed by atoms with E-state index in [0.717, 1.165) is 16.3 Å². The Morgan fingerprint density at radius 2 is 1.48 bits per heavy atom. The molecule has 3 aromatic carbocycles. The molecule has 21 heavy (non-hydrogen) atoms. The fourth-order valence-corrected chi connectivity index (χ4v) is 3.03. The normalized spacial score (nSPS) is 12.6. The molecule has 0 aliphatic carbocycles. The van der Waals surface area contributed by atoms with Crippen LogP contribution in [-0.2, 0) is 0 Å². The van der Waals surface area contributed by atoms with E-state index in [9.17, 15) is 4.39 Å². The first-order valence-electron chi connectivity index (χ1n) is 6.34. The fourth-order valence-electron chi connectivity index (χ4n) is 2.36. The smallest absolute Gasteiger partial charge is 0.142 e. The zero-order chi connectivity index (χ0) is 15.0. The fraction of sp³-hybridized carbons (Fsp3) is 0.0588. The second kappa shape index (κ2) is 5.84. The second-order valence-electron chi connectivity index (χ2n) is 4.72. The van der Waals surface area contributed by atoms with E-state index in [-0.39, 0.29) is 5.02 Å². The third-order valence-corrected chi connectivity index (χ3v) is 4.54. The van der Waals surface area contributed by atoms with Gasteiger partial charge in [-0.3, -0.25) is 0 Å². The Morgan fingerprint density at radius 3 is 2.19 bits per heavy atom. The van der Waals surface area contributed by atoms with Gasteiger partial charge in [0.25, 0.3) is 0 Å². The van der Waals surface area contributed by atoms with Gasteiger partial charge in [-0.1, -0.05) is 59.6 Å². The molecular formula is C17H10Cl3F. The zero-order valence-electron chi connectivity index (χ0n) is 10.8. The van der Waals surface area contributed by atoms with Crippen molar-refractivity contribution in [3.05, 3.63) is 81.6 Å². The number of halogens is 4. The highest BCUT2D eigenvalue weighted by Crippen LogP contribution is 2.37. The Hall–Kier alpha value is -1.28. The van der Waals surface area contributed by atoms with Crippen molar-refractivity contribution in [3.63, 3.8) is 0 Å². The summed E-state index contributed by atoms with van der Waals surface area (Å²) < 4.78 is 13.6. The minimum Gasteiger partial charge on any atom is -0.205 e. The summed E-state index contributed by atoms with van der Waals surface area (Å²) in [5.41, 5.74) is 1.55. The van der Waals surface area contributed by atoms with E-state index in [1.54, 1.807) is 12.1 Å². The number of benzene rings is 3. The molecule has 0 aliphatic heterocycles. The lowest BCUT2D eigenvalue weighted by Crippen LogP contribution is -1.96. The molecule has 0 bridgehead atoms. The van der Waals surface area contributed by atoms with Gasteiger partial charge in [0, 0.05) is 10.4 Å². The predicted molar refractivity (Wildman–Crippen MR) is 88.1 cm³/mol. The van der Waals surface area contributed by atoms with Crippen molar-refractivity contribution < 1.29 is 4.39 Å². The van der Waals surface area contributed by atoms with Crippen molar-refractivity contribution in [3.8, 4) is 0 Å². The van der Waals surface area contributed by atoms with Crippen LogP contribution < -0.4 is 0 Å². The Labute approximate surface area is 137 Å².